The lowest BCUT2D eigenvalue weighted by atomic mass is 10.2. The first kappa shape index (κ1) is 16.8. The van der Waals surface area contributed by atoms with E-state index in [-0.39, 0.29) is 5.56 Å². The minimum Gasteiger partial charge on any atom is -0.267 e. The van der Waals surface area contributed by atoms with Crippen LogP contribution in [0.3, 0.4) is 0 Å². The van der Waals surface area contributed by atoms with Gasteiger partial charge in [-0.15, -0.1) is 11.3 Å². The lowest BCUT2D eigenvalue weighted by Crippen LogP contribution is -2.22. The Hall–Kier alpha value is -2.69. The lowest BCUT2D eigenvalue weighted by Gasteiger charge is -2.12. The number of hydrogen-bond acceptors (Lipinski definition) is 3. The van der Waals surface area contributed by atoms with E-state index in [1.54, 1.807) is 4.57 Å². The second-order valence-corrected chi connectivity index (χ2v) is 7.21. The van der Waals surface area contributed by atoms with Crippen LogP contribution in [0.4, 0.5) is 0 Å². The summed E-state index contributed by atoms with van der Waals surface area (Å²) in [5.41, 5.74) is 3.38. The molecule has 5 heteroatoms. The van der Waals surface area contributed by atoms with Gasteiger partial charge in [-0.2, -0.15) is 0 Å². The standard InChI is InChI=1S/C21H15ClN2OS/c1-14-6-2-5-9-18(14)24-19(11-10-15-7-3-4-8-16(15)22)23-17-12-13-26-20(17)21(24)25/h2-13H,1H3. The van der Waals surface area contributed by atoms with Crippen molar-refractivity contribution in [3.63, 3.8) is 0 Å². The molecule has 0 aliphatic carbocycles. The van der Waals surface area contributed by atoms with Crippen LogP contribution in [-0.2, 0) is 0 Å². The second-order valence-electron chi connectivity index (χ2n) is 5.89. The number of para-hydroxylation sites is 1. The Kier molecular flexibility index (Phi) is 4.45. The second kappa shape index (κ2) is 6.90. The number of thiophene rings is 1. The van der Waals surface area contributed by atoms with E-state index in [0.29, 0.717) is 21.1 Å². The van der Waals surface area contributed by atoms with Crippen molar-refractivity contribution in [3.8, 4) is 5.69 Å². The zero-order valence-corrected chi connectivity index (χ0v) is 15.6. The average molecular weight is 379 g/mol. The smallest absolute Gasteiger partial charge is 0.267 e. The average Bonchev–Trinajstić information content (AvgIpc) is 3.11. The highest BCUT2D eigenvalue weighted by Crippen LogP contribution is 2.22. The molecule has 0 N–H and O–H groups in total. The van der Waals surface area contributed by atoms with Gasteiger partial charge in [0.15, 0.2) is 0 Å². The molecule has 0 amide bonds. The molecule has 0 bridgehead atoms. The number of aryl methyl sites for hydroxylation is 1. The summed E-state index contributed by atoms with van der Waals surface area (Å²) in [4.78, 5) is 17.8. The predicted molar refractivity (Wildman–Crippen MR) is 110 cm³/mol. The van der Waals surface area contributed by atoms with Crippen molar-refractivity contribution in [2.24, 2.45) is 0 Å². The van der Waals surface area contributed by atoms with Crippen LogP contribution >= 0.6 is 22.9 Å². The van der Waals surface area contributed by atoms with E-state index in [9.17, 15) is 4.79 Å². The fourth-order valence-electron chi connectivity index (χ4n) is 2.86. The predicted octanol–water partition coefficient (Wildman–Crippen LogP) is 5.58. The molecule has 4 aromatic rings. The maximum Gasteiger partial charge on any atom is 0.276 e. The van der Waals surface area contributed by atoms with Gasteiger partial charge in [0.25, 0.3) is 5.56 Å². The number of fused-ring (bicyclic) bond motifs is 1. The fraction of sp³-hybridized carbons (Fsp3) is 0.0476. The summed E-state index contributed by atoms with van der Waals surface area (Å²) < 4.78 is 2.32. The maximum absolute atomic E-state index is 13.1. The highest BCUT2D eigenvalue weighted by molar-refractivity contribution is 7.17. The largest absolute Gasteiger partial charge is 0.276 e. The Bertz CT molecular complexity index is 1190. The minimum atomic E-state index is -0.0573. The molecular formula is C21H15ClN2OS. The third-order valence-corrected chi connectivity index (χ3v) is 5.42. The normalized spacial score (nSPS) is 11.5. The Morgan fingerprint density at radius 2 is 1.81 bits per heavy atom. The first-order valence-electron chi connectivity index (χ1n) is 8.14. The van der Waals surface area contributed by atoms with Gasteiger partial charge in [-0.3, -0.25) is 9.36 Å². The van der Waals surface area contributed by atoms with Crippen LogP contribution in [0.15, 0.2) is 64.8 Å². The van der Waals surface area contributed by atoms with Crippen molar-refractivity contribution < 1.29 is 0 Å². The van der Waals surface area contributed by atoms with Crippen LogP contribution in [0.1, 0.15) is 17.0 Å². The van der Waals surface area contributed by atoms with Crippen LogP contribution in [0.25, 0.3) is 28.1 Å². The third-order valence-electron chi connectivity index (χ3n) is 4.18. The molecule has 0 saturated heterocycles. The summed E-state index contributed by atoms with van der Waals surface area (Å²) in [5, 5.41) is 2.55. The summed E-state index contributed by atoms with van der Waals surface area (Å²) >= 11 is 7.66. The van der Waals surface area contributed by atoms with Gasteiger partial charge in [0.1, 0.15) is 10.5 Å². The van der Waals surface area contributed by atoms with Crippen LogP contribution in [0.2, 0.25) is 5.02 Å². The molecule has 0 fully saturated rings. The van der Waals surface area contributed by atoms with Gasteiger partial charge in [-0.25, -0.2) is 4.98 Å². The number of hydrogen-bond donors (Lipinski definition) is 0. The van der Waals surface area contributed by atoms with E-state index in [2.05, 4.69) is 0 Å². The number of benzene rings is 2. The van der Waals surface area contributed by atoms with E-state index >= 15 is 0 Å². The van der Waals surface area contributed by atoms with Crippen LogP contribution in [0.5, 0.6) is 0 Å². The molecule has 2 aromatic heterocycles. The van der Waals surface area contributed by atoms with Gasteiger partial charge >= 0.3 is 0 Å². The lowest BCUT2D eigenvalue weighted by molar-refractivity contribution is 0.938. The monoisotopic (exact) mass is 378 g/mol. The van der Waals surface area contributed by atoms with Crippen LogP contribution < -0.4 is 5.56 Å². The first-order valence-corrected chi connectivity index (χ1v) is 9.40. The van der Waals surface area contributed by atoms with E-state index in [1.165, 1.54) is 11.3 Å². The molecule has 0 unspecified atom stereocenters. The molecule has 26 heavy (non-hydrogen) atoms. The third kappa shape index (κ3) is 2.98. The van der Waals surface area contributed by atoms with Crippen molar-refractivity contribution in [1.82, 2.24) is 9.55 Å². The Morgan fingerprint density at radius 3 is 2.62 bits per heavy atom. The van der Waals surface area contributed by atoms with E-state index in [4.69, 9.17) is 16.6 Å². The van der Waals surface area contributed by atoms with Crippen LogP contribution in [0, 0.1) is 6.92 Å². The Balaban J connectivity index is 1.96. The maximum atomic E-state index is 13.1. The topological polar surface area (TPSA) is 34.9 Å². The molecule has 3 nitrogen and oxygen atoms in total. The molecule has 0 saturated carbocycles. The number of nitrogens with zero attached hydrogens (tertiary/aromatic N) is 2. The van der Waals surface area contributed by atoms with Gasteiger partial charge in [-0.05, 0) is 53.8 Å². The zero-order chi connectivity index (χ0) is 18.1. The quantitative estimate of drug-likeness (QED) is 0.466. The van der Waals surface area contributed by atoms with Crippen molar-refractivity contribution in [1.29, 1.82) is 0 Å². The molecule has 128 valence electrons. The highest BCUT2D eigenvalue weighted by Gasteiger charge is 2.13. The van der Waals surface area contributed by atoms with Crippen molar-refractivity contribution in [2.75, 3.05) is 0 Å². The molecule has 2 aromatic carbocycles. The Morgan fingerprint density at radius 1 is 1.04 bits per heavy atom. The van der Waals surface area contributed by atoms with Crippen molar-refractivity contribution in [3.05, 3.63) is 92.3 Å². The summed E-state index contributed by atoms with van der Waals surface area (Å²) in [6.07, 6.45) is 3.73. The van der Waals surface area contributed by atoms with Gasteiger partial charge in [0.2, 0.25) is 0 Å². The molecule has 0 spiro atoms. The van der Waals surface area contributed by atoms with E-state index in [0.717, 1.165) is 16.8 Å². The summed E-state index contributed by atoms with van der Waals surface area (Å²) in [6.45, 7) is 1.99. The molecule has 0 aliphatic heterocycles. The molecule has 4 rings (SSSR count). The molecule has 2 heterocycles. The van der Waals surface area contributed by atoms with Gasteiger partial charge < -0.3 is 0 Å². The molecular weight excluding hydrogens is 364 g/mol. The van der Waals surface area contributed by atoms with Gasteiger partial charge in [0.05, 0.1) is 11.2 Å². The van der Waals surface area contributed by atoms with Gasteiger partial charge in [-0.1, -0.05) is 48.0 Å². The zero-order valence-electron chi connectivity index (χ0n) is 14.0. The molecule has 0 atom stereocenters. The highest BCUT2D eigenvalue weighted by atomic mass is 35.5. The van der Waals surface area contributed by atoms with Crippen molar-refractivity contribution in [2.45, 2.75) is 6.92 Å². The van der Waals surface area contributed by atoms with E-state index in [1.807, 2.05) is 79.1 Å². The number of halogens is 1. The SMILES string of the molecule is Cc1ccccc1-n1c(C=Cc2ccccc2Cl)nc2ccsc2c1=O. The molecule has 0 radical (unpaired) electrons. The number of aromatic nitrogens is 2. The van der Waals surface area contributed by atoms with Crippen molar-refractivity contribution >= 4 is 45.3 Å². The first-order chi connectivity index (χ1) is 12.6. The minimum absolute atomic E-state index is 0.0573. The fourth-order valence-corrected chi connectivity index (χ4v) is 3.82. The number of rotatable bonds is 3. The molecule has 0 aliphatic rings. The Labute approximate surface area is 159 Å². The summed E-state index contributed by atoms with van der Waals surface area (Å²) in [6, 6.07) is 17.3. The summed E-state index contributed by atoms with van der Waals surface area (Å²) in [7, 11) is 0. The van der Waals surface area contributed by atoms with E-state index < -0.39 is 0 Å². The summed E-state index contributed by atoms with van der Waals surface area (Å²) in [5.74, 6) is 0.579. The van der Waals surface area contributed by atoms with Crippen LogP contribution in [-0.4, -0.2) is 9.55 Å². The van der Waals surface area contributed by atoms with Gasteiger partial charge in [0, 0.05) is 5.02 Å².